The molecule has 1 aromatic rings. The van der Waals surface area contributed by atoms with Crippen LogP contribution in [0.1, 0.15) is 22.6 Å². The van der Waals surface area contributed by atoms with Gasteiger partial charge in [0.05, 0.1) is 5.57 Å². The molecule has 0 heterocycles. The smallest absolute Gasteiger partial charge is 0.332 e. The lowest BCUT2D eigenvalue weighted by Crippen LogP contribution is -2.16. The number of hydrogen-bond acceptors (Lipinski definition) is 2. The standard InChI is InChI=1S/C12H10O4/c1-6-3-2-4-7-8(6)5-9(11(13)14)10(7)12(15)16/h2-5,10H,1H3,(H,13,14)(H,15,16). The molecular formula is C12H10O4. The van der Waals surface area contributed by atoms with Crippen molar-refractivity contribution in [2.45, 2.75) is 12.8 Å². The predicted octanol–water partition coefficient (Wildman–Crippen LogP) is 1.64. The SMILES string of the molecule is Cc1cccc2c1C=C(C(=O)O)C2C(=O)O. The third-order valence-corrected chi connectivity index (χ3v) is 2.77. The van der Waals surface area contributed by atoms with E-state index in [1.807, 2.05) is 13.0 Å². The quantitative estimate of drug-likeness (QED) is 0.791. The number of carboxylic acids is 2. The summed E-state index contributed by atoms with van der Waals surface area (Å²) in [6.07, 6.45) is 1.45. The van der Waals surface area contributed by atoms with Crippen LogP contribution in [0.4, 0.5) is 0 Å². The van der Waals surface area contributed by atoms with E-state index in [2.05, 4.69) is 0 Å². The van der Waals surface area contributed by atoms with E-state index < -0.39 is 17.9 Å². The molecule has 2 rings (SSSR count). The van der Waals surface area contributed by atoms with E-state index in [4.69, 9.17) is 10.2 Å². The Balaban J connectivity index is 2.63. The van der Waals surface area contributed by atoms with Crippen molar-refractivity contribution in [3.8, 4) is 0 Å². The highest BCUT2D eigenvalue weighted by atomic mass is 16.4. The van der Waals surface area contributed by atoms with Gasteiger partial charge < -0.3 is 10.2 Å². The molecule has 1 aromatic carbocycles. The first-order valence-corrected chi connectivity index (χ1v) is 4.79. The van der Waals surface area contributed by atoms with Gasteiger partial charge in [-0.05, 0) is 29.7 Å². The Kier molecular flexibility index (Phi) is 2.27. The number of carboxylic acid groups (broad SMARTS) is 2. The average molecular weight is 218 g/mol. The van der Waals surface area contributed by atoms with Crippen LogP contribution in [0, 0.1) is 6.92 Å². The maximum Gasteiger partial charge on any atom is 0.332 e. The first-order chi connectivity index (χ1) is 7.52. The molecule has 0 spiro atoms. The normalized spacial score (nSPS) is 17.8. The molecule has 1 aliphatic carbocycles. The van der Waals surface area contributed by atoms with Crippen molar-refractivity contribution in [1.82, 2.24) is 0 Å². The van der Waals surface area contributed by atoms with Gasteiger partial charge in [0.25, 0.3) is 0 Å². The van der Waals surface area contributed by atoms with Gasteiger partial charge in [0.15, 0.2) is 0 Å². The largest absolute Gasteiger partial charge is 0.481 e. The van der Waals surface area contributed by atoms with Gasteiger partial charge in [0.2, 0.25) is 0 Å². The van der Waals surface area contributed by atoms with Crippen molar-refractivity contribution in [3.63, 3.8) is 0 Å². The third kappa shape index (κ3) is 1.39. The summed E-state index contributed by atoms with van der Waals surface area (Å²) in [5.41, 5.74) is 2.09. The minimum atomic E-state index is -1.18. The fourth-order valence-electron chi connectivity index (χ4n) is 2.01. The van der Waals surface area contributed by atoms with Crippen LogP contribution in [0.25, 0.3) is 6.08 Å². The zero-order valence-electron chi connectivity index (χ0n) is 8.60. The van der Waals surface area contributed by atoms with E-state index in [9.17, 15) is 9.59 Å². The molecule has 4 heteroatoms. The number of carbonyl (C=O) groups is 2. The van der Waals surface area contributed by atoms with Crippen LogP contribution in [0.2, 0.25) is 0 Å². The zero-order chi connectivity index (χ0) is 11.9. The Labute approximate surface area is 91.8 Å². The summed E-state index contributed by atoms with van der Waals surface area (Å²) in [6, 6.07) is 5.23. The van der Waals surface area contributed by atoms with E-state index in [1.165, 1.54) is 6.08 Å². The average Bonchev–Trinajstić information content (AvgIpc) is 2.58. The molecule has 0 aliphatic heterocycles. The summed E-state index contributed by atoms with van der Waals surface area (Å²) < 4.78 is 0. The molecule has 1 unspecified atom stereocenters. The second-order valence-corrected chi connectivity index (χ2v) is 3.75. The molecule has 0 radical (unpaired) electrons. The van der Waals surface area contributed by atoms with Crippen LogP contribution in [0.3, 0.4) is 0 Å². The molecule has 1 atom stereocenters. The molecule has 1 aliphatic rings. The summed E-state index contributed by atoms with van der Waals surface area (Å²) in [4.78, 5) is 22.1. The number of benzene rings is 1. The van der Waals surface area contributed by atoms with Crippen molar-refractivity contribution in [3.05, 3.63) is 40.5 Å². The maximum absolute atomic E-state index is 11.1. The molecule has 2 N–H and O–H groups in total. The van der Waals surface area contributed by atoms with Crippen molar-refractivity contribution in [1.29, 1.82) is 0 Å². The first-order valence-electron chi connectivity index (χ1n) is 4.79. The number of fused-ring (bicyclic) bond motifs is 1. The highest BCUT2D eigenvalue weighted by molar-refractivity contribution is 6.04. The van der Waals surface area contributed by atoms with Crippen LogP contribution in [-0.4, -0.2) is 22.2 Å². The summed E-state index contributed by atoms with van der Waals surface area (Å²) in [7, 11) is 0. The molecule has 82 valence electrons. The number of aliphatic carboxylic acids is 2. The van der Waals surface area contributed by atoms with Gasteiger partial charge in [-0.15, -0.1) is 0 Å². The minimum absolute atomic E-state index is 0.0724. The second-order valence-electron chi connectivity index (χ2n) is 3.75. The summed E-state index contributed by atoms with van der Waals surface area (Å²) in [5, 5.41) is 18.0. The Hall–Kier alpha value is -2.10. The van der Waals surface area contributed by atoms with Crippen LogP contribution in [-0.2, 0) is 9.59 Å². The molecule has 0 saturated heterocycles. The van der Waals surface area contributed by atoms with Gasteiger partial charge in [-0.1, -0.05) is 18.2 Å². The van der Waals surface area contributed by atoms with Gasteiger partial charge in [0, 0.05) is 0 Å². The van der Waals surface area contributed by atoms with Crippen LogP contribution in [0.5, 0.6) is 0 Å². The van der Waals surface area contributed by atoms with E-state index in [-0.39, 0.29) is 5.57 Å². The first kappa shape index (κ1) is 10.4. The lowest BCUT2D eigenvalue weighted by Gasteiger charge is -2.09. The van der Waals surface area contributed by atoms with Gasteiger partial charge in [-0.3, -0.25) is 4.79 Å². The van der Waals surface area contributed by atoms with Crippen LogP contribution < -0.4 is 0 Å². The van der Waals surface area contributed by atoms with Gasteiger partial charge >= 0.3 is 11.9 Å². The summed E-state index contributed by atoms with van der Waals surface area (Å²) in [6.45, 7) is 1.83. The topological polar surface area (TPSA) is 74.6 Å². The Morgan fingerprint density at radius 1 is 1.25 bits per heavy atom. The molecule has 16 heavy (non-hydrogen) atoms. The lowest BCUT2D eigenvalue weighted by atomic mass is 9.95. The van der Waals surface area contributed by atoms with Crippen LogP contribution >= 0.6 is 0 Å². The Morgan fingerprint density at radius 3 is 2.50 bits per heavy atom. The third-order valence-electron chi connectivity index (χ3n) is 2.77. The molecule has 4 nitrogen and oxygen atoms in total. The molecular weight excluding hydrogens is 208 g/mol. The maximum atomic E-state index is 11.1. The van der Waals surface area contributed by atoms with E-state index >= 15 is 0 Å². The number of aryl methyl sites for hydroxylation is 1. The van der Waals surface area contributed by atoms with E-state index in [0.29, 0.717) is 11.1 Å². The number of rotatable bonds is 2. The summed E-state index contributed by atoms with van der Waals surface area (Å²) in [5.74, 6) is -3.35. The monoisotopic (exact) mass is 218 g/mol. The fraction of sp³-hybridized carbons (Fsp3) is 0.167. The van der Waals surface area contributed by atoms with Crippen LogP contribution in [0.15, 0.2) is 23.8 Å². The van der Waals surface area contributed by atoms with Gasteiger partial charge in [-0.25, -0.2) is 4.79 Å². The van der Waals surface area contributed by atoms with E-state index in [1.54, 1.807) is 12.1 Å². The number of hydrogen-bond donors (Lipinski definition) is 2. The summed E-state index contributed by atoms with van der Waals surface area (Å²) >= 11 is 0. The van der Waals surface area contributed by atoms with Crippen molar-refractivity contribution >= 4 is 18.0 Å². The van der Waals surface area contributed by atoms with Gasteiger partial charge in [-0.2, -0.15) is 0 Å². The highest BCUT2D eigenvalue weighted by Gasteiger charge is 2.35. The van der Waals surface area contributed by atoms with E-state index in [0.717, 1.165) is 5.56 Å². The van der Waals surface area contributed by atoms with Crippen molar-refractivity contribution in [2.24, 2.45) is 0 Å². The van der Waals surface area contributed by atoms with Crippen molar-refractivity contribution < 1.29 is 19.8 Å². The Morgan fingerprint density at radius 2 is 1.94 bits per heavy atom. The second kappa shape index (κ2) is 3.48. The fourth-order valence-corrected chi connectivity index (χ4v) is 2.01. The minimum Gasteiger partial charge on any atom is -0.481 e. The highest BCUT2D eigenvalue weighted by Crippen LogP contribution is 2.37. The molecule has 0 aromatic heterocycles. The zero-order valence-corrected chi connectivity index (χ0v) is 8.60. The molecule has 0 bridgehead atoms. The predicted molar refractivity (Wildman–Crippen MR) is 57.2 cm³/mol. The molecule has 0 amide bonds. The molecule has 0 fully saturated rings. The van der Waals surface area contributed by atoms with Gasteiger partial charge in [0.1, 0.15) is 5.92 Å². The molecule has 0 saturated carbocycles. The lowest BCUT2D eigenvalue weighted by molar-refractivity contribution is -0.141. The van der Waals surface area contributed by atoms with Crippen molar-refractivity contribution in [2.75, 3.05) is 0 Å². The Bertz CT molecular complexity index is 514.